The van der Waals surface area contributed by atoms with E-state index in [0.717, 1.165) is 11.1 Å². The quantitative estimate of drug-likeness (QED) is 0.604. The Morgan fingerprint density at radius 1 is 1.04 bits per heavy atom. The zero-order valence-electron chi connectivity index (χ0n) is 14.8. The third-order valence-corrected chi connectivity index (χ3v) is 4.16. The fourth-order valence-electron chi connectivity index (χ4n) is 2.58. The molecule has 3 aromatic rings. The Kier molecular flexibility index (Phi) is 5.61. The first kappa shape index (κ1) is 18.7. The van der Waals surface area contributed by atoms with Crippen LogP contribution in [0.4, 0.5) is 0 Å². The number of imidazole rings is 1. The van der Waals surface area contributed by atoms with Crippen molar-refractivity contribution in [1.29, 1.82) is 0 Å². The highest BCUT2D eigenvalue weighted by Gasteiger charge is 2.16. The van der Waals surface area contributed by atoms with E-state index in [2.05, 4.69) is 9.72 Å². The molecule has 7 nitrogen and oxygen atoms in total. The van der Waals surface area contributed by atoms with Crippen molar-refractivity contribution in [2.45, 2.75) is 6.54 Å². The first-order chi connectivity index (χ1) is 13.0. The highest BCUT2D eigenvalue weighted by Crippen LogP contribution is 2.28. The van der Waals surface area contributed by atoms with Gasteiger partial charge < -0.3 is 18.8 Å². The molecule has 0 aliphatic rings. The summed E-state index contributed by atoms with van der Waals surface area (Å²) in [5.41, 5.74) is 2.22. The summed E-state index contributed by atoms with van der Waals surface area (Å²) >= 11 is 6.06. The molecule has 0 saturated heterocycles. The molecular weight excluding hydrogens is 372 g/mol. The van der Waals surface area contributed by atoms with Gasteiger partial charge in [-0.15, -0.1) is 0 Å². The lowest BCUT2D eigenvalue weighted by Gasteiger charge is -2.09. The van der Waals surface area contributed by atoms with Crippen LogP contribution in [-0.2, 0) is 25.6 Å². The molecule has 1 heterocycles. The van der Waals surface area contributed by atoms with E-state index in [1.54, 1.807) is 41.0 Å². The van der Waals surface area contributed by atoms with Crippen molar-refractivity contribution in [2.24, 2.45) is 0 Å². The summed E-state index contributed by atoms with van der Waals surface area (Å²) in [5, 5.41) is 0.559. The minimum absolute atomic E-state index is 0.0184. The van der Waals surface area contributed by atoms with Crippen LogP contribution in [0.2, 0.25) is 5.02 Å². The third-order valence-electron chi connectivity index (χ3n) is 3.92. The molecule has 0 amide bonds. The summed E-state index contributed by atoms with van der Waals surface area (Å²) in [5.74, 6) is 0.263. The van der Waals surface area contributed by atoms with Crippen LogP contribution in [0.5, 0.6) is 5.75 Å². The number of carbonyl (C=O) groups excluding carboxylic acids is 2. The molecule has 27 heavy (non-hydrogen) atoms. The van der Waals surface area contributed by atoms with Gasteiger partial charge in [-0.05, 0) is 42.5 Å². The van der Waals surface area contributed by atoms with E-state index in [-0.39, 0.29) is 19.1 Å². The minimum atomic E-state index is -0.462. The monoisotopic (exact) mass is 388 g/mol. The molecule has 0 saturated carbocycles. The van der Waals surface area contributed by atoms with Crippen LogP contribution in [0.25, 0.3) is 22.4 Å². The van der Waals surface area contributed by atoms with E-state index in [1.165, 1.54) is 14.2 Å². The van der Waals surface area contributed by atoms with Crippen molar-refractivity contribution in [3.05, 3.63) is 47.5 Å². The second kappa shape index (κ2) is 8.09. The zero-order valence-corrected chi connectivity index (χ0v) is 15.5. The molecule has 0 aliphatic carbocycles. The van der Waals surface area contributed by atoms with E-state index in [0.29, 0.717) is 22.1 Å². The zero-order chi connectivity index (χ0) is 19.4. The fourth-order valence-corrected chi connectivity index (χ4v) is 2.74. The van der Waals surface area contributed by atoms with E-state index in [9.17, 15) is 9.59 Å². The molecule has 0 bridgehead atoms. The Morgan fingerprint density at radius 2 is 1.74 bits per heavy atom. The van der Waals surface area contributed by atoms with Crippen molar-refractivity contribution < 1.29 is 23.8 Å². The number of methoxy groups -OCH3 is 2. The highest BCUT2D eigenvalue weighted by molar-refractivity contribution is 6.31. The van der Waals surface area contributed by atoms with Crippen LogP contribution in [-0.4, -0.2) is 42.3 Å². The van der Waals surface area contributed by atoms with Gasteiger partial charge in [0.1, 0.15) is 18.1 Å². The Bertz CT molecular complexity index is 982. The predicted molar refractivity (Wildman–Crippen MR) is 99.7 cm³/mol. The van der Waals surface area contributed by atoms with Crippen LogP contribution >= 0.6 is 11.6 Å². The van der Waals surface area contributed by atoms with Crippen LogP contribution < -0.4 is 4.74 Å². The number of rotatable bonds is 6. The minimum Gasteiger partial charge on any atom is -0.482 e. The molecule has 140 valence electrons. The first-order valence-corrected chi connectivity index (χ1v) is 8.42. The Morgan fingerprint density at radius 3 is 2.41 bits per heavy atom. The van der Waals surface area contributed by atoms with E-state index in [1.807, 2.05) is 6.07 Å². The largest absolute Gasteiger partial charge is 0.482 e. The Hall–Kier alpha value is -3.06. The lowest BCUT2D eigenvalue weighted by molar-refractivity contribution is -0.143. The summed E-state index contributed by atoms with van der Waals surface area (Å²) in [6.07, 6.45) is 0. The topological polar surface area (TPSA) is 79.7 Å². The summed E-state index contributed by atoms with van der Waals surface area (Å²) < 4.78 is 16.4. The molecule has 0 spiro atoms. The molecule has 3 rings (SSSR count). The second-order valence-electron chi connectivity index (χ2n) is 5.62. The van der Waals surface area contributed by atoms with E-state index >= 15 is 0 Å². The molecule has 0 N–H and O–H groups in total. The SMILES string of the molecule is COC(=O)COc1ccc(-c2nc3cc(Cl)ccc3n2CC(=O)OC)cc1. The number of fused-ring (bicyclic) bond motifs is 1. The van der Waals surface area contributed by atoms with Gasteiger partial charge in [0.2, 0.25) is 0 Å². The highest BCUT2D eigenvalue weighted by atomic mass is 35.5. The van der Waals surface area contributed by atoms with Gasteiger partial charge in [-0.2, -0.15) is 0 Å². The maximum atomic E-state index is 11.8. The number of ether oxygens (including phenoxy) is 3. The molecule has 0 aliphatic heterocycles. The summed E-state index contributed by atoms with van der Waals surface area (Å²) in [7, 11) is 2.64. The molecule has 8 heteroatoms. The molecular formula is C19H17ClN2O5. The number of aromatic nitrogens is 2. The molecule has 0 atom stereocenters. The van der Waals surface area contributed by atoms with Gasteiger partial charge >= 0.3 is 11.9 Å². The van der Waals surface area contributed by atoms with E-state index in [4.69, 9.17) is 21.1 Å². The number of benzene rings is 2. The summed E-state index contributed by atoms with van der Waals surface area (Å²) in [4.78, 5) is 27.6. The Balaban J connectivity index is 1.96. The number of nitrogens with zero attached hydrogens (tertiary/aromatic N) is 2. The molecule has 2 aromatic carbocycles. The van der Waals surface area contributed by atoms with Gasteiger partial charge in [-0.1, -0.05) is 11.6 Å². The number of carbonyl (C=O) groups is 2. The molecule has 0 radical (unpaired) electrons. The molecule has 0 fully saturated rings. The number of hydrogen-bond acceptors (Lipinski definition) is 6. The molecule has 0 unspecified atom stereocenters. The van der Waals surface area contributed by atoms with Crippen LogP contribution in [0, 0.1) is 0 Å². The number of hydrogen-bond donors (Lipinski definition) is 0. The van der Waals surface area contributed by atoms with Crippen LogP contribution in [0.3, 0.4) is 0 Å². The maximum absolute atomic E-state index is 11.8. The fraction of sp³-hybridized carbons (Fsp3) is 0.211. The first-order valence-electron chi connectivity index (χ1n) is 8.04. The van der Waals surface area contributed by atoms with Crippen molar-refractivity contribution in [3.63, 3.8) is 0 Å². The van der Waals surface area contributed by atoms with Crippen molar-refractivity contribution in [1.82, 2.24) is 9.55 Å². The van der Waals surface area contributed by atoms with E-state index < -0.39 is 5.97 Å². The average molecular weight is 389 g/mol. The predicted octanol–water partition coefficient (Wildman–Crippen LogP) is 3.08. The summed E-state index contributed by atoms with van der Waals surface area (Å²) in [6, 6.07) is 12.3. The summed E-state index contributed by atoms with van der Waals surface area (Å²) in [6.45, 7) is -0.153. The number of halogens is 1. The lowest BCUT2D eigenvalue weighted by atomic mass is 10.2. The second-order valence-corrected chi connectivity index (χ2v) is 6.06. The average Bonchev–Trinajstić information content (AvgIpc) is 3.03. The molecule has 1 aromatic heterocycles. The smallest absolute Gasteiger partial charge is 0.343 e. The van der Waals surface area contributed by atoms with Crippen LogP contribution in [0.15, 0.2) is 42.5 Å². The van der Waals surface area contributed by atoms with Gasteiger partial charge in [0.25, 0.3) is 0 Å². The van der Waals surface area contributed by atoms with Crippen molar-refractivity contribution in [3.8, 4) is 17.1 Å². The van der Waals surface area contributed by atoms with Crippen LogP contribution in [0.1, 0.15) is 0 Å². The standard InChI is InChI=1S/C19H17ClN2O5/c1-25-17(23)10-22-16-8-5-13(20)9-15(16)21-19(22)12-3-6-14(7-4-12)27-11-18(24)26-2/h3-9H,10-11H2,1-2H3. The number of esters is 2. The maximum Gasteiger partial charge on any atom is 0.343 e. The van der Waals surface area contributed by atoms with Gasteiger partial charge in [0, 0.05) is 10.6 Å². The van der Waals surface area contributed by atoms with Crippen molar-refractivity contribution >= 4 is 34.6 Å². The van der Waals surface area contributed by atoms with Crippen molar-refractivity contribution in [2.75, 3.05) is 20.8 Å². The van der Waals surface area contributed by atoms with Gasteiger partial charge in [-0.25, -0.2) is 9.78 Å². The lowest BCUT2D eigenvalue weighted by Crippen LogP contribution is -2.13. The third kappa shape index (κ3) is 4.20. The van der Waals surface area contributed by atoms with Gasteiger partial charge in [0.15, 0.2) is 6.61 Å². The van der Waals surface area contributed by atoms with Gasteiger partial charge in [0.05, 0.1) is 25.3 Å². The van der Waals surface area contributed by atoms with Gasteiger partial charge in [-0.3, -0.25) is 4.79 Å². The Labute approximate surface area is 160 Å². The normalized spacial score (nSPS) is 10.6.